The average molecular weight is 427 g/mol. The lowest BCUT2D eigenvalue weighted by Crippen LogP contribution is -2.41. The second-order valence-corrected chi connectivity index (χ2v) is 8.46. The first-order valence-corrected chi connectivity index (χ1v) is 11.2. The minimum absolute atomic E-state index is 0.0325. The van der Waals surface area contributed by atoms with Crippen molar-refractivity contribution in [3.05, 3.63) is 59.0 Å². The molecule has 2 atom stereocenters. The van der Waals surface area contributed by atoms with Gasteiger partial charge in [-0.05, 0) is 58.1 Å². The van der Waals surface area contributed by atoms with E-state index in [-0.39, 0.29) is 30.4 Å². The fraction of sp³-hybridized carbons (Fsp3) is 0.520. The molecule has 0 aliphatic carbocycles. The van der Waals surface area contributed by atoms with Crippen LogP contribution in [0.1, 0.15) is 60.0 Å². The number of benzene rings is 1. The molecule has 1 saturated heterocycles. The van der Waals surface area contributed by atoms with Crippen LogP contribution in [-0.2, 0) is 16.0 Å². The molecule has 168 valence electrons. The predicted molar refractivity (Wildman–Crippen MR) is 120 cm³/mol. The molecule has 1 aliphatic rings. The topological polar surface area (TPSA) is 71.8 Å². The van der Waals surface area contributed by atoms with E-state index in [1.165, 1.54) is 5.56 Å². The van der Waals surface area contributed by atoms with E-state index in [0.29, 0.717) is 30.2 Å². The number of carbonyl (C=O) groups is 2. The molecule has 0 spiro atoms. The number of hydrogen-bond acceptors (Lipinski definition) is 4. The maximum atomic E-state index is 13.1. The Kier molecular flexibility index (Phi) is 8.29. The van der Waals surface area contributed by atoms with Crippen molar-refractivity contribution in [2.75, 3.05) is 19.7 Å². The first-order valence-electron chi connectivity index (χ1n) is 11.2. The van der Waals surface area contributed by atoms with Crippen molar-refractivity contribution in [3.8, 4) is 0 Å². The van der Waals surface area contributed by atoms with Crippen molar-refractivity contribution in [2.24, 2.45) is 0 Å². The summed E-state index contributed by atoms with van der Waals surface area (Å²) in [5.41, 5.74) is 1.83. The maximum absolute atomic E-state index is 13.1. The Morgan fingerprint density at radius 1 is 1.23 bits per heavy atom. The highest BCUT2D eigenvalue weighted by Crippen LogP contribution is 2.19. The summed E-state index contributed by atoms with van der Waals surface area (Å²) in [5, 5.41) is 3.07. The normalized spacial score (nSPS) is 16.8. The van der Waals surface area contributed by atoms with Gasteiger partial charge in [-0.2, -0.15) is 0 Å². The second-order valence-electron chi connectivity index (χ2n) is 8.46. The molecule has 1 fully saturated rings. The standard InChI is InChI=1S/C25H34N2O4/c1-18(11-12-21-8-5-4-6-9-21)26-24(28)13-14-27(17-22-10-7-15-30-22)25(29)23-16-19(2)31-20(23)3/h4-6,8-9,16,18,22H,7,10-15,17H2,1-3H3,(H,26,28)/t18-,22-/m0/s1. The van der Waals surface area contributed by atoms with E-state index in [9.17, 15) is 9.59 Å². The molecule has 3 rings (SSSR count). The van der Waals surface area contributed by atoms with Crippen molar-refractivity contribution < 1.29 is 18.7 Å². The fourth-order valence-corrected chi connectivity index (χ4v) is 4.01. The lowest BCUT2D eigenvalue weighted by Gasteiger charge is -2.25. The summed E-state index contributed by atoms with van der Waals surface area (Å²) in [6.45, 7) is 7.24. The molecule has 2 aromatic rings. The van der Waals surface area contributed by atoms with Gasteiger partial charge in [-0.1, -0.05) is 30.3 Å². The zero-order chi connectivity index (χ0) is 22.2. The Morgan fingerprint density at radius 2 is 2.00 bits per heavy atom. The molecule has 1 N–H and O–H groups in total. The Bertz CT molecular complexity index is 856. The highest BCUT2D eigenvalue weighted by atomic mass is 16.5. The summed E-state index contributed by atoms with van der Waals surface area (Å²) in [5.74, 6) is 1.18. The molecule has 6 nitrogen and oxygen atoms in total. The SMILES string of the molecule is Cc1cc(C(=O)N(CCC(=O)N[C@@H](C)CCc2ccccc2)C[C@@H]2CCCO2)c(C)o1. The minimum Gasteiger partial charge on any atom is -0.466 e. The zero-order valence-corrected chi connectivity index (χ0v) is 18.9. The third kappa shape index (κ3) is 6.96. The van der Waals surface area contributed by atoms with Crippen molar-refractivity contribution in [2.45, 2.75) is 65.0 Å². The number of aryl methyl sites for hydroxylation is 3. The molecule has 1 aliphatic heterocycles. The lowest BCUT2D eigenvalue weighted by molar-refractivity contribution is -0.122. The summed E-state index contributed by atoms with van der Waals surface area (Å²) < 4.78 is 11.3. The predicted octanol–water partition coefficient (Wildman–Crippen LogP) is 4.05. The lowest BCUT2D eigenvalue weighted by atomic mass is 10.1. The number of rotatable bonds is 10. The van der Waals surface area contributed by atoms with Crippen molar-refractivity contribution in [1.82, 2.24) is 10.2 Å². The van der Waals surface area contributed by atoms with E-state index in [0.717, 1.165) is 32.3 Å². The molecule has 2 heterocycles. The van der Waals surface area contributed by atoms with Gasteiger partial charge in [0, 0.05) is 32.2 Å². The number of ether oxygens (including phenoxy) is 1. The van der Waals surface area contributed by atoms with E-state index in [2.05, 4.69) is 17.4 Å². The molecular weight excluding hydrogens is 392 g/mol. The number of nitrogens with one attached hydrogen (secondary N) is 1. The second kappa shape index (κ2) is 11.1. The highest BCUT2D eigenvalue weighted by Gasteiger charge is 2.26. The first-order chi connectivity index (χ1) is 14.9. The monoisotopic (exact) mass is 426 g/mol. The van der Waals surface area contributed by atoms with E-state index in [1.54, 1.807) is 17.9 Å². The van der Waals surface area contributed by atoms with Gasteiger partial charge in [0.15, 0.2) is 0 Å². The van der Waals surface area contributed by atoms with Gasteiger partial charge in [0.25, 0.3) is 5.91 Å². The Hall–Kier alpha value is -2.60. The summed E-state index contributed by atoms with van der Waals surface area (Å²) in [4.78, 5) is 27.4. The van der Waals surface area contributed by atoms with Crippen LogP contribution in [0.2, 0.25) is 0 Å². The van der Waals surface area contributed by atoms with Crippen LogP contribution in [-0.4, -0.2) is 48.6 Å². The van der Waals surface area contributed by atoms with E-state index < -0.39 is 0 Å². The van der Waals surface area contributed by atoms with Gasteiger partial charge < -0.3 is 19.4 Å². The summed E-state index contributed by atoms with van der Waals surface area (Å²) in [6, 6.07) is 12.1. The van der Waals surface area contributed by atoms with Crippen LogP contribution in [0.3, 0.4) is 0 Å². The van der Waals surface area contributed by atoms with Gasteiger partial charge in [0.1, 0.15) is 11.5 Å². The van der Waals surface area contributed by atoms with Crippen LogP contribution in [0, 0.1) is 13.8 Å². The molecule has 0 saturated carbocycles. The fourth-order valence-electron chi connectivity index (χ4n) is 4.01. The molecule has 0 bridgehead atoms. The van der Waals surface area contributed by atoms with E-state index >= 15 is 0 Å². The number of carbonyl (C=O) groups excluding carboxylic acids is 2. The van der Waals surface area contributed by atoms with Gasteiger partial charge in [-0.25, -0.2) is 0 Å². The van der Waals surface area contributed by atoms with Gasteiger partial charge in [0.2, 0.25) is 5.91 Å². The van der Waals surface area contributed by atoms with Crippen LogP contribution in [0.5, 0.6) is 0 Å². The maximum Gasteiger partial charge on any atom is 0.257 e. The van der Waals surface area contributed by atoms with Crippen molar-refractivity contribution in [3.63, 3.8) is 0 Å². The smallest absolute Gasteiger partial charge is 0.257 e. The Labute approximate surface area is 184 Å². The summed E-state index contributed by atoms with van der Waals surface area (Å²) >= 11 is 0. The molecule has 0 unspecified atom stereocenters. The quantitative estimate of drug-likeness (QED) is 0.622. The van der Waals surface area contributed by atoms with Crippen LogP contribution < -0.4 is 5.32 Å². The van der Waals surface area contributed by atoms with Gasteiger partial charge in [-0.15, -0.1) is 0 Å². The van der Waals surface area contributed by atoms with Crippen molar-refractivity contribution in [1.29, 1.82) is 0 Å². The largest absolute Gasteiger partial charge is 0.466 e. The van der Waals surface area contributed by atoms with Crippen LogP contribution in [0.25, 0.3) is 0 Å². The number of amides is 2. The molecular formula is C25H34N2O4. The molecule has 0 radical (unpaired) electrons. The van der Waals surface area contributed by atoms with Crippen LogP contribution in [0.4, 0.5) is 0 Å². The molecule has 1 aromatic heterocycles. The third-order valence-corrected chi connectivity index (χ3v) is 5.73. The van der Waals surface area contributed by atoms with Gasteiger partial charge in [-0.3, -0.25) is 9.59 Å². The highest BCUT2D eigenvalue weighted by molar-refractivity contribution is 5.95. The summed E-state index contributed by atoms with van der Waals surface area (Å²) in [6.07, 6.45) is 4.05. The average Bonchev–Trinajstić information content (AvgIpc) is 3.38. The third-order valence-electron chi connectivity index (χ3n) is 5.73. The van der Waals surface area contributed by atoms with Gasteiger partial charge in [0.05, 0.1) is 11.7 Å². The molecule has 31 heavy (non-hydrogen) atoms. The number of nitrogens with zero attached hydrogens (tertiary/aromatic N) is 1. The van der Waals surface area contributed by atoms with Crippen LogP contribution in [0.15, 0.2) is 40.8 Å². The van der Waals surface area contributed by atoms with E-state index in [1.807, 2.05) is 32.0 Å². The molecule has 1 aromatic carbocycles. The Morgan fingerprint density at radius 3 is 2.65 bits per heavy atom. The zero-order valence-electron chi connectivity index (χ0n) is 18.9. The number of furan rings is 1. The Balaban J connectivity index is 1.53. The summed E-state index contributed by atoms with van der Waals surface area (Å²) in [7, 11) is 0. The van der Waals surface area contributed by atoms with Crippen molar-refractivity contribution >= 4 is 11.8 Å². The van der Waals surface area contributed by atoms with Gasteiger partial charge >= 0.3 is 0 Å². The van der Waals surface area contributed by atoms with Crippen LogP contribution >= 0.6 is 0 Å². The van der Waals surface area contributed by atoms with E-state index in [4.69, 9.17) is 9.15 Å². The first kappa shape index (κ1) is 23.1. The number of hydrogen-bond donors (Lipinski definition) is 1. The minimum atomic E-state index is -0.102. The molecule has 6 heteroatoms. The molecule has 2 amide bonds.